The summed E-state index contributed by atoms with van der Waals surface area (Å²) in [6, 6.07) is 1.69. The maximum Gasteiger partial charge on any atom is 0.277 e. The molecule has 0 aliphatic rings. The fourth-order valence-electron chi connectivity index (χ4n) is 3.01. The van der Waals surface area contributed by atoms with E-state index in [0.717, 1.165) is 12.8 Å². The van der Waals surface area contributed by atoms with Gasteiger partial charge in [-0.2, -0.15) is 0 Å². The molecule has 7 nitrogen and oxygen atoms in total. The van der Waals surface area contributed by atoms with Crippen LogP contribution in [0.25, 0.3) is 11.0 Å². The molecule has 0 radical (unpaired) electrons. The summed E-state index contributed by atoms with van der Waals surface area (Å²) in [5.74, 6) is 0.345. The first-order valence-corrected chi connectivity index (χ1v) is 9.57. The van der Waals surface area contributed by atoms with Gasteiger partial charge in [0.1, 0.15) is 5.82 Å². The zero-order chi connectivity index (χ0) is 18.8. The van der Waals surface area contributed by atoms with Crippen LogP contribution in [0.2, 0.25) is 0 Å². The van der Waals surface area contributed by atoms with Crippen LogP contribution >= 0.6 is 0 Å². The largest absolute Gasteiger partial charge is 0.344 e. The lowest BCUT2D eigenvalue weighted by Gasteiger charge is -2.08. The van der Waals surface area contributed by atoms with E-state index in [9.17, 15) is 9.59 Å². The van der Waals surface area contributed by atoms with Gasteiger partial charge in [0, 0.05) is 12.5 Å². The fraction of sp³-hybridized carbons (Fsp3) is 0.632. The minimum atomic E-state index is -0.301. The molecule has 2 aromatic heterocycles. The third kappa shape index (κ3) is 7.00. The van der Waals surface area contributed by atoms with Crippen LogP contribution in [0.3, 0.4) is 0 Å². The number of pyridine rings is 1. The van der Waals surface area contributed by atoms with Crippen LogP contribution in [0.5, 0.6) is 0 Å². The lowest BCUT2D eigenvalue weighted by atomic mass is 10.1. The van der Waals surface area contributed by atoms with Crippen molar-refractivity contribution in [3.63, 3.8) is 0 Å². The summed E-state index contributed by atoms with van der Waals surface area (Å²) in [6.45, 7) is 1.17. The molecule has 0 spiro atoms. The summed E-state index contributed by atoms with van der Waals surface area (Å²) in [4.78, 5) is 35.5. The average molecular weight is 361 g/mol. The Morgan fingerprint density at radius 2 is 1.73 bits per heavy atom. The number of aromatic nitrogens is 3. The zero-order valence-corrected chi connectivity index (χ0v) is 15.9. The van der Waals surface area contributed by atoms with Crippen LogP contribution in [0.4, 0.5) is 5.82 Å². The van der Waals surface area contributed by atoms with E-state index in [-0.39, 0.29) is 11.5 Å². The molecule has 0 atom stereocenters. The number of H-pyrrole nitrogens is 2. The second-order valence-electron chi connectivity index (χ2n) is 7.11. The molecule has 26 heavy (non-hydrogen) atoms. The first-order chi connectivity index (χ1) is 12.6. The highest BCUT2D eigenvalue weighted by molar-refractivity contribution is 5.91. The van der Waals surface area contributed by atoms with E-state index in [4.69, 9.17) is 0 Å². The summed E-state index contributed by atoms with van der Waals surface area (Å²) in [7, 11) is 4.23. The second-order valence-corrected chi connectivity index (χ2v) is 7.11. The molecule has 0 bridgehead atoms. The summed E-state index contributed by atoms with van der Waals surface area (Å²) in [6.07, 6.45) is 11.5. The van der Waals surface area contributed by atoms with E-state index in [2.05, 4.69) is 39.3 Å². The number of nitrogens with one attached hydrogen (secondary N) is 3. The summed E-state index contributed by atoms with van der Waals surface area (Å²) in [5, 5.41) is 2.75. The van der Waals surface area contributed by atoms with Gasteiger partial charge in [-0.3, -0.25) is 9.59 Å². The summed E-state index contributed by atoms with van der Waals surface area (Å²) in [5.41, 5.74) is 0.670. The van der Waals surface area contributed by atoms with Gasteiger partial charge in [0.05, 0.1) is 11.8 Å². The highest BCUT2D eigenvalue weighted by Gasteiger charge is 2.07. The number of imidazole rings is 1. The molecule has 0 unspecified atom stereocenters. The number of unbranched alkanes of at least 4 members (excludes halogenated alkanes) is 7. The Morgan fingerprint density at radius 1 is 1.08 bits per heavy atom. The normalized spacial score (nSPS) is 11.3. The number of rotatable bonds is 12. The lowest BCUT2D eigenvalue weighted by Crippen LogP contribution is -2.16. The zero-order valence-electron chi connectivity index (χ0n) is 15.9. The van der Waals surface area contributed by atoms with Crippen molar-refractivity contribution >= 4 is 22.8 Å². The first kappa shape index (κ1) is 20.2. The van der Waals surface area contributed by atoms with Crippen LogP contribution in [-0.2, 0) is 4.79 Å². The number of nitrogens with zero attached hydrogens (tertiary/aromatic N) is 2. The summed E-state index contributed by atoms with van der Waals surface area (Å²) >= 11 is 0. The highest BCUT2D eigenvalue weighted by atomic mass is 16.2. The molecule has 7 heteroatoms. The number of hydrogen-bond donors (Lipinski definition) is 3. The SMILES string of the molecule is CN(C)CCCCCCCCCCC(=O)Nc1cc2[nH]cnc2c(=O)[nH]1. The van der Waals surface area contributed by atoms with E-state index in [0.29, 0.717) is 23.3 Å². The van der Waals surface area contributed by atoms with Crippen LogP contribution in [0.1, 0.15) is 57.8 Å². The Labute approximate surface area is 154 Å². The molecule has 1 amide bonds. The third-order valence-corrected chi connectivity index (χ3v) is 4.45. The van der Waals surface area contributed by atoms with Gasteiger partial charge in [-0.1, -0.05) is 38.5 Å². The number of fused-ring (bicyclic) bond motifs is 1. The number of anilines is 1. The highest BCUT2D eigenvalue weighted by Crippen LogP contribution is 2.12. The minimum absolute atomic E-state index is 0.0665. The number of carbonyl (C=O) groups excluding carboxylic acids is 1. The van der Waals surface area contributed by atoms with Gasteiger partial charge in [-0.05, 0) is 33.5 Å². The number of hydrogen-bond acceptors (Lipinski definition) is 4. The third-order valence-electron chi connectivity index (χ3n) is 4.45. The lowest BCUT2D eigenvalue weighted by molar-refractivity contribution is -0.116. The van der Waals surface area contributed by atoms with Gasteiger partial charge in [0.2, 0.25) is 5.91 Å². The van der Waals surface area contributed by atoms with Gasteiger partial charge < -0.3 is 20.2 Å². The Morgan fingerprint density at radius 3 is 2.42 bits per heavy atom. The molecule has 2 rings (SSSR count). The van der Waals surface area contributed by atoms with Gasteiger partial charge in [0.25, 0.3) is 5.56 Å². The smallest absolute Gasteiger partial charge is 0.277 e. The second kappa shape index (κ2) is 10.8. The molecule has 2 heterocycles. The van der Waals surface area contributed by atoms with Crippen molar-refractivity contribution in [2.75, 3.05) is 26.0 Å². The summed E-state index contributed by atoms with van der Waals surface area (Å²) < 4.78 is 0. The van der Waals surface area contributed by atoms with Crippen molar-refractivity contribution in [3.05, 3.63) is 22.7 Å². The van der Waals surface area contributed by atoms with Crippen molar-refractivity contribution in [3.8, 4) is 0 Å². The quantitative estimate of drug-likeness (QED) is 0.506. The Balaban J connectivity index is 1.54. The van der Waals surface area contributed by atoms with E-state index in [1.165, 1.54) is 51.4 Å². The molecule has 0 saturated heterocycles. The Kier molecular flexibility index (Phi) is 8.34. The molecule has 3 N–H and O–H groups in total. The minimum Gasteiger partial charge on any atom is -0.344 e. The van der Waals surface area contributed by atoms with Crippen molar-refractivity contribution in [1.29, 1.82) is 0 Å². The fourth-order valence-corrected chi connectivity index (χ4v) is 3.01. The standard InChI is InChI=1S/C19H31N5O2/c1-24(2)12-10-8-6-4-3-5-7-9-11-17(25)22-16-13-15-18(19(26)23-16)21-14-20-15/h13-14H,3-12H2,1-2H3,(H,20,21)(H2,22,23,25,26). The van der Waals surface area contributed by atoms with E-state index in [1.807, 2.05) is 0 Å². The van der Waals surface area contributed by atoms with Crippen molar-refractivity contribution in [1.82, 2.24) is 19.9 Å². The molecule has 0 fully saturated rings. The number of carbonyl (C=O) groups is 1. The van der Waals surface area contributed by atoms with Crippen molar-refractivity contribution < 1.29 is 4.79 Å². The van der Waals surface area contributed by atoms with Crippen LogP contribution in [-0.4, -0.2) is 46.4 Å². The van der Waals surface area contributed by atoms with Gasteiger partial charge in [0.15, 0.2) is 5.52 Å². The Hall–Kier alpha value is -2.15. The molecular formula is C19H31N5O2. The maximum absolute atomic E-state index is 12.0. The monoisotopic (exact) mass is 361 g/mol. The van der Waals surface area contributed by atoms with Crippen LogP contribution in [0, 0.1) is 0 Å². The Bertz CT molecular complexity index is 735. The molecule has 0 aromatic carbocycles. The topological polar surface area (TPSA) is 93.9 Å². The van der Waals surface area contributed by atoms with Gasteiger partial charge >= 0.3 is 0 Å². The van der Waals surface area contributed by atoms with Crippen LogP contribution < -0.4 is 10.9 Å². The van der Waals surface area contributed by atoms with Crippen molar-refractivity contribution in [2.24, 2.45) is 0 Å². The van der Waals surface area contributed by atoms with Gasteiger partial charge in [-0.15, -0.1) is 0 Å². The molecule has 0 aliphatic carbocycles. The molecular weight excluding hydrogens is 330 g/mol. The van der Waals surface area contributed by atoms with E-state index >= 15 is 0 Å². The predicted molar refractivity (Wildman–Crippen MR) is 105 cm³/mol. The van der Waals surface area contributed by atoms with Gasteiger partial charge in [-0.25, -0.2) is 4.98 Å². The van der Waals surface area contributed by atoms with E-state index < -0.39 is 0 Å². The van der Waals surface area contributed by atoms with Crippen LogP contribution in [0.15, 0.2) is 17.2 Å². The molecule has 0 aliphatic heterocycles. The predicted octanol–water partition coefficient (Wildman–Crippen LogP) is 3.26. The maximum atomic E-state index is 12.0. The van der Waals surface area contributed by atoms with E-state index in [1.54, 1.807) is 6.07 Å². The van der Waals surface area contributed by atoms with Crippen molar-refractivity contribution in [2.45, 2.75) is 57.8 Å². The number of amides is 1. The molecule has 0 saturated carbocycles. The first-order valence-electron chi connectivity index (χ1n) is 9.57. The molecule has 144 valence electrons. The number of aromatic amines is 2. The average Bonchev–Trinajstić information content (AvgIpc) is 3.05. The molecule has 2 aromatic rings.